The van der Waals surface area contributed by atoms with Crippen LogP contribution >= 0.6 is 11.3 Å². The van der Waals surface area contributed by atoms with Gasteiger partial charge in [-0.25, -0.2) is 4.98 Å². The molecule has 2 rings (SSSR count). The van der Waals surface area contributed by atoms with Crippen LogP contribution in [-0.4, -0.2) is 22.6 Å². The Morgan fingerprint density at radius 2 is 2.16 bits per heavy atom. The number of nitrogens with zero attached hydrogens (tertiary/aromatic N) is 1. The molecule has 96 valence electrons. The number of anilines is 1. The first-order valence-corrected chi connectivity index (χ1v) is 6.44. The summed E-state index contributed by atoms with van der Waals surface area (Å²) in [7, 11) is 0. The normalized spacial score (nSPS) is 9.58. The Bertz CT molecular complexity index is 635. The van der Waals surface area contributed by atoms with Gasteiger partial charge in [0.1, 0.15) is 6.61 Å². The molecule has 0 bridgehead atoms. The highest BCUT2D eigenvalue weighted by atomic mass is 32.1. The average Bonchev–Trinajstić information content (AvgIpc) is 2.82. The highest BCUT2D eigenvalue weighted by molar-refractivity contribution is 7.15. The van der Waals surface area contributed by atoms with E-state index in [0.29, 0.717) is 10.7 Å². The monoisotopic (exact) mass is 272 g/mol. The summed E-state index contributed by atoms with van der Waals surface area (Å²) < 4.78 is 0. The zero-order valence-corrected chi connectivity index (χ0v) is 11.1. The van der Waals surface area contributed by atoms with Crippen LogP contribution in [0.15, 0.2) is 30.5 Å². The molecule has 0 saturated heterocycles. The third-order valence-corrected chi connectivity index (χ3v) is 3.13. The molecular weight excluding hydrogens is 260 g/mol. The molecule has 0 aliphatic rings. The summed E-state index contributed by atoms with van der Waals surface area (Å²) in [6.07, 6.45) is 1.72. The third kappa shape index (κ3) is 3.65. The lowest BCUT2D eigenvalue weighted by molar-refractivity contribution is 0.102. The van der Waals surface area contributed by atoms with E-state index in [1.807, 2.05) is 6.92 Å². The zero-order chi connectivity index (χ0) is 13.7. The first-order valence-electron chi connectivity index (χ1n) is 5.62. The molecule has 0 aliphatic carbocycles. The minimum absolute atomic E-state index is 0.175. The fourth-order valence-electron chi connectivity index (χ4n) is 1.43. The van der Waals surface area contributed by atoms with Crippen molar-refractivity contribution < 1.29 is 9.90 Å². The summed E-state index contributed by atoms with van der Waals surface area (Å²) >= 11 is 1.43. The van der Waals surface area contributed by atoms with E-state index < -0.39 is 0 Å². The van der Waals surface area contributed by atoms with E-state index >= 15 is 0 Å². The number of benzene rings is 1. The predicted molar refractivity (Wildman–Crippen MR) is 75.2 cm³/mol. The van der Waals surface area contributed by atoms with Crippen LogP contribution in [0.3, 0.4) is 0 Å². The van der Waals surface area contributed by atoms with Gasteiger partial charge in [-0.05, 0) is 31.2 Å². The van der Waals surface area contributed by atoms with Gasteiger partial charge >= 0.3 is 0 Å². The number of aliphatic hydroxyl groups is 1. The highest BCUT2D eigenvalue weighted by Gasteiger charge is 2.07. The summed E-state index contributed by atoms with van der Waals surface area (Å²) in [6, 6.07) is 6.86. The fourth-order valence-corrected chi connectivity index (χ4v) is 2.09. The topological polar surface area (TPSA) is 62.2 Å². The number of amides is 1. The second-order valence-corrected chi connectivity index (χ2v) is 5.00. The third-order valence-electron chi connectivity index (χ3n) is 2.30. The smallest absolute Gasteiger partial charge is 0.257 e. The molecule has 0 unspecified atom stereocenters. The zero-order valence-electron chi connectivity index (χ0n) is 10.3. The first kappa shape index (κ1) is 13.3. The number of aryl methyl sites for hydroxylation is 1. The van der Waals surface area contributed by atoms with Crippen LogP contribution in [0.25, 0.3) is 0 Å². The number of aliphatic hydroxyl groups excluding tert-OH is 1. The quantitative estimate of drug-likeness (QED) is 0.822. The Morgan fingerprint density at radius 3 is 2.74 bits per heavy atom. The van der Waals surface area contributed by atoms with Crippen molar-refractivity contribution >= 4 is 22.4 Å². The number of carbonyl (C=O) groups is 1. The van der Waals surface area contributed by atoms with Gasteiger partial charge in [-0.15, -0.1) is 11.3 Å². The van der Waals surface area contributed by atoms with Crippen LogP contribution in [0.2, 0.25) is 0 Å². The molecule has 4 nitrogen and oxygen atoms in total. The predicted octanol–water partition coefficient (Wildman–Crippen LogP) is 2.05. The molecule has 2 aromatic rings. The lowest BCUT2D eigenvalue weighted by atomic mass is 10.1. The molecule has 1 aromatic heterocycles. The molecule has 2 N–H and O–H groups in total. The summed E-state index contributed by atoms with van der Waals surface area (Å²) in [5.74, 6) is 5.13. The largest absolute Gasteiger partial charge is 0.384 e. The van der Waals surface area contributed by atoms with Crippen molar-refractivity contribution in [2.24, 2.45) is 0 Å². The Kier molecular flexibility index (Phi) is 4.29. The number of nitrogens with one attached hydrogen (secondary N) is 1. The second-order valence-electron chi connectivity index (χ2n) is 3.77. The molecule has 1 aromatic carbocycles. The van der Waals surface area contributed by atoms with Crippen molar-refractivity contribution in [2.75, 3.05) is 11.9 Å². The number of aromatic nitrogens is 1. The SMILES string of the molecule is Cc1cnc(NC(=O)c2ccc(C#CCO)cc2)s1. The molecule has 0 aliphatic heterocycles. The summed E-state index contributed by atoms with van der Waals surface area (Å²) in [4.78, 5) is 17.1. The van der Waals surface area contributed by atoms with Gasteiger partial charge in [0.2, 0.25) is 0 Å². The van der Waals surface area contributed by atoms with E-state index in [0.717, 1.165) is 10.4 Å². The fraction of sp³-hybridized carbons (Fsp3) is 0.143. The van der Waals surface area contributed by atoms with Gasteiger partial charge in [0.15, 0.2) is 5.13 Å². The minimum Gasteiger partial charge on any atom is -0.384 e. The molecule has 0 spiro atoms. The molecule has 1 heterocycles. The van der Waals surface area contributed by atoms with E-state index in [-0.39, 0.29) is 12.5 Å². The van der Waals surface area contributed by atoms with E-state index in [1.165, 1.54) is 11.3 Å². The number of hydrogen-bond donors (Lipinski definition) is 2. The van der Waals surface area contributed by atoms with Gasteiger partial charge < -0.3 is 5.11 Å². The van der Waals surface area contributed by atoms with Gasteiger partial charge in [-0.3, -0.25) is 10.1 Å². The van der Waals surface area contributed by atoms with Crippen LogP contribution in [0, 0.1) is 18.8 Å². The molecule has 0 atom stereocenters. The molecule has 0 fully saturated rings. The van der Waals surface area contributed by atoms with Gasteiger partial charge in [0, 0.05) is 22.2 Å². The van der Waals surface area contributed by atoms with Crippen LogP contribution < -0.4 is 5.32 Å². The van der Waals surface area contributed by atoms with Crippen molar-refractivity contribution in [3.63, 3.8) is 0 Å². The Labute approximate surface area is 115 Å². The van der Waals surface area contributed by atoms with Gasteiger partial charge in [-0.1, -0.05) is 11.8 Å². The number of carbonyl (C=O) groups excluding carboxylic acids is 1. The second kappa shape index (κ2) is 6.14. The standard InChI is InChI=1S/C14H12N2O2S/c1-10-9-15-14(19-10)16-13(18)12-6-4-11(5-7-12)3-2-8-17/h4-7,9,17H,8H2,1H3,(H,15,16,18). The van der Waals surface area contributed by atoms with Crippen LogP contribution in [0.5, 0.6) is 0 Å². The van der Waals surface area contributed by atoms with E-state index in [2.05, 4.69) is 22.1 Å². The Morgan fingerprint density at radius 1 is 1.42 bits per heavy atom. The number of hydrogen-bond acceptors (Lipinski definition) is 4. The summed E-state index contributed by atoms with van der Waals surface area (Å²) in [5, 5.41) is 11.9. The van der Waals surface area contributed by atoms with Crippen LogP contribution in [-0.2, 0) is 0 Å². The van der Waals surface area contributed by atoms with Crippen molar-refractivity contribution in [1.29, 1.82) is 0 Å². The number of rotatable bonds is 2. The molecule has 0 radical (unpaired) electrons. The van der Waals surface area contributed by atoms with E-state index in [9.17, 15) is 4.79 Å². The van der Waals surface area contributed by atoms with Crippen LogP contribution in [0.1, 0.15) is 20.8 Å². The first-order chi connectivity index (χ1) is 9.19. The maximum Gasteiger partial charge on any atom is 0.257 e. The minimum atomic E-state index is -0.198. The Balaban J connectivity index is 2.07. The molecular formula is C14H12N2O2S. The molecule has 0 saturated carbocycles. The van der Waals surface area contributed by atoms with Crippen molar-refractivity contribution in [2.45, 2.75) is 6.92 Å². The maximum absolute atomic E-state index is 11.9. The lowest BCUT2D eigenvalue weighted by Crippen LogP contribution is -2.11. The van der Waals surface area contributed by atoms with E-state index in [4.69, 9.17) is 5.11 Å². The Hall–Kier alpha value is -2.16. The maximum atomic E-state index is 11.9. The summed E-state index contributed by atoms with van der Waals surface area (Å²) in [6.45, 7) is 1.76. The van der Waals surface area contributed by atoms with Crippen LogP contribution in [0.4, 0.5) is 5.13 Å². The lowest BCUT2D eigenvalue weighted by Gasteiger charge is -2.01. The molecule has 5 heteroatoms. The van der Waals surface area contributed by atoms with Crippen molar-refractivity contribution in [1.82, 2.24) is 4.98 Å². The summed E-state index contributed by atoms with van der Waals surface area (Å²) in [5.41, 5.74) is 1.30. The highest BCUT2D eigenvalue weighted by Crippen LogP contribution is 2.17. The van der Waals surface area contributed by atoms with Gasteiger partial charge in [-0.2, -0.15) is 0 Å². The molecule has 19 heavy (non-hydrogen) atoms. The van der Waals surface area contributed by atoms with Gasteiger partial charge in [0.05, 0.1) is 0 Å². The average molecular weight is 272 g/mol. The molecule has 1 amide bonds. The van der Waals surface area contributed by atoms with E-state index in [1.54, 1.807) is 30.5 Å². The van der Waals surface area contributed by atoms with Crippen molar-refractivity contribution in [3.05, 3.63) is 46.5 Å². The number of thiazole rings is 1. The van der Waals surface area contributed by atoms with Crippen molar-refractivity contribution in [3.8, 4) is 11.8 Å². The van der Waals surface area contributed by atoms with Gasteiger partial charge in [0.25, 0.3) is 5.91 Å².